The topological polar surface area (TPSA) is 75.6 Å². The van der Waals surface area contributed by atoms with Crippen LogP contribution in [0.3, 0.4) is 0 Å². The van der Waals surface area contributed by atoms with Gasteiger partial charge in [-0.1, -0.05) is 6.08 Å². The van der Waals surface area contributed by atoms with Crippen molar-refractivity contribution in [3.05, 3.63) is 24.0 Å². The largest absolute Gasteiger partial charge is 0.478 e. The maximum Gasteiger partial charge on any atom is 0.412 e. The molecule has 0 aromatic rings. The molecule has 100 valence electrons. The van der Waals surface area contributed by atoms with Crippen molar-refractivity contribution < 1.29 is 19.4 Å². The van der Waals surface area contributed by atoms with E-state index in [0.29, 0.717) is 12.2 Å². The van der Waals surface area contributed by atoms with Crippen LogP contribution in [-0.2, 0) is 9.53 Å². The van der Waals surface area contributed by atoms with E-state index in [1.807, 2.05) is 0 Å². The van der Waals surface area contributed by atoms with Gasteiger partial charge < -0.3 is 15.2 Å². The molecule has 0 atom stereocenters. The van der Waals surface area contributed by atoms with Gasteiger partial charge in [-0.05, 0) is 45.6 Å². The summed E-state index contributed by atoms with van der Waals surface area (Å²) in [4.78, 5) is 22.0. The van der Waals surface area contributed by atoms with Crippen LogP contribution in [-0.4, -0.2) is 22.7 Å². The lowest BCUT2D eigenvalue weighted by Gasteiger charge is -2.41. The molecular formula is C13H19NO4. The van der Waals surface area contributed by atoms with Gasteiger partial charge in [0.25, 0.3) is 0 Å². The Morgan fingerprint density at radius 3 is 2.56 bits per heavy atom. The number of aliphatic carboxylic acids is 1. The number of amides is 1. The van der Waals surface area contributed by atoms with Gasteiger partial charge in [0.15, 0.2) is 0 Å². The van der Waals surface area contributed by atoms with Crippen molar-refractivity contribution in [3.8, 4) is 0 Å². The lowest BCUT2D eigenvalue weighted by molar-refractivity contribution is -0.131. The van der Waals surface area contributed by atoms with Crippen molar-refractivity contribution in [2.75, 3.05) is 0 Å². The predicted octanol–water partition coefficient (Wildman–Crippen LogP) is 2.59. The third-order valence-corrected chi connectivity index (χ3v) is 3.11. The molecule has 0 aromatic heterocycles. The fourth-order valence-corrected chi connectivity index (χ4v) is 1.82. The minimum Gasteiger partial charge on any atom is -0.478 e. The second kappa shape index (κ2) is 6.23. The van der Waals surface area contributed by atoms with Crippen LogP contribution in [0.1, 0.15) is 39.5 Å². The summed E-state index contributed by atoms with van der Waals surface area (Å²) in [6.07, 6.45) is 7.15. The fraction of sp³-hybridized carbons (Fsp3) is 0.538. The van der Waals surface area contributed by atoms with Gasteiger partial charge in [0.1, 0.15) is 5.76 Å². The summed E-state index contributed by atoms with van der Waals surface area (Å²) < 4.78 is 5.03. The highest BCUT2D eigenvalue weighted by atomic mass is 16.6. The van der Waals surface area contributed by atoms with Crippen LogP contribution in [0.2, 0.25) is 0 Å². The van der Waals surface area contributed by atoms with E-state index in [1.54, 1.807) is 26.0 Å². The van der Waals surface area contributed by atoms with Gasteiger partial charge in [-0.15, -0.1) is 0 Å². The Bertz CT molecular complexity index is 380. The molecule has 0 aliphatic heterocycles. The molecular weight excluding hydrogens is 234 g/mol. The molecule has 0 heterocycles. The van der Waals surface area contributed by atoms with Crippen molar-refractivity contribution in [3.63, 3.8) is 0 Å². The van der Waals surface area contributed by atoms with E-state index in [2.05, 4.69) is 5.32 Å². The van der Waals surface area contributed by atoms with Crippen molar-refractivity contribution in [1.29, 1.82) is 0 Å². The molecule has 18 heavy (non-hydrogen) atoms. The summed E-state index contributed by atoms with van der Waals surface area (Å²) in [5.74, 6) is -0.431. The molecule has 0 radical (unpaired) electrons. The zero-order valence-electron chi connectivity index (χ0n) is 10.7. The number of ether oxygens (including phenoxy) is 1. The Kier molecular flexibility index (Phi) is 4.95. The minimum atomic E-state index is -0.975. The van der Waals surface area contributed by atoms with E-state index in [1.165, 1.54) is 0 Å². The van der Waals surface area contributed by atoms with E-state index in [0.717, 1.165) is 25.3 Å². The molecule has 0 bridgehead atoms. The molecule has 0 spiro atoms. The third-order valence-electron chi connectivity index (χ3n) is 3.11. The first-order valence-corrected chi connectivity index (χ1v) is 6.00. The number of nitrogens with one attached hydrogen (secondary N) is 1. The number of alkyl carbamates (subject to hydrolysis) is 1. The minimum absolute atomic E-state index is 0.336. The number of carbonyl (C=O) groups is 2. The molecule has 0 aromatic carbocycles. The lowest BCUT2D eigenvalue weighted by atomic mass is 9.74. The van der Waals surface area contributed by atoms with Crippen LogP contribution in [0.5, 0.6) is 0 Å². The Morgan fingerprint density at radius 2 is 2.11 bits per heavy atom. The monoisotopic (exact) mass is 253 g/mol. The number of rotatable bonds is 5. The maximum atomic E-state index is 11.6. The number of carbonyl (C=O) groups excluding carboxylic acids is 1. The fourth-order valence-electron chi connectivity index (χ4n) is 1.82. The number of carboxylic acid groups (broad SMARTS) is 1. The van der Waals surface area contributed by atoms with E-state index in [4.69, 9.17) is 9.84 Å². The van der Waals surface area contributed by atoms with Gasteiger partial charge in [0, 0.05) is 11.6 Å². The predicted molar refractivity (Wildman–Crippen MR) is 67.0 cm³/mol. The van der Waals surface area contributed by atoms with Crippen LogP contribution in [0.25, 0.3) is 0 Å². The molecule has 1 saturated carbocycles. The number of allylic oxidation sites excluding steroid dienone is 2. The molecule has 1 fully saturated rings. The van der Waals surface area contributed by atoms with E-state index in [-0.39, 0.29) is 5.54 Å². The Hall–Kier alpha value is -1.78. The van der Waals surface area contributed by atoms with Gasteiger partial charge in [-0.3, -0.25) is 0 Å². The Labute approximate surface area is 107 Å². The van der Waals surface area contributed by atoms with Gasteiger partial charge in [0.05, 0.1) is 0 Å². The Balaban J connectivity index is 2.50. The lowest BCUT2D eigenvalue weighted by Crippen LogP contribution is -2.53. The number of hydrogen-bond donors (Lipinski definition) is 2. The molecule has 1 rings (SSSR count). The van der Waals surface area contributed by atoms with Crippen molar-refractivity contribution in [1.82, 2.24) is 5.32 Å². The molecule has 1 aliphatic carbocycles. The van der Waals surface area contributed by atoms with E-state index < -0.39 is 12.1 Å². The third kappa shape index (κ3) is 4.24. The van der Waals surface area contributed by atoms with Crippen molar-refractivity contribution in [2.45, 2.75) is 45.1 Å². The highest BCUT2D eigenvalue weighted by Gasteiger charge is 2.37. The Morgan fingerprint density at radius 1 is 1.44 bits per heavy atom. The van der Waals surface area contributed by atoms with Crippen LogP contribution in [0, 0.1) is 0 Å². The summed E-state index contributed by atoms with van der Waals surface area (Å²) >= 11 is 0. The molecule has 0 unspecified atom stereocenters. The average molecular weight is 253 g/mol. The standard InChI is InChI=1S/C13H19NO4/c1-3-10(2)18-12(17)14-13(8-5-9-13)7-4-6-11(15)16/h3-4,6H,5,7-9H2,1-2H3,(H,14,17)(H,15,16)/b6-4+,10-3-. The van der Waals surface area contributed by atoms with Crippen LogP contribution >= 0.6 is 0 Å². The average Bonchev–Trinajstić information content (AvgIpc) is 2.24. The normalized spacial score (nSPS) is 18.2. The van der Waals surface area contributed by atoms with Crippen molar-refractivity contribution >= 4 is 12.1 Å². The molecule has 5 heteroatoms. The summed E-state index contributed by atoms with van der Waals surface area (Å²) in [7, 11) is 0. The zero-order chi connectivity index (χ0) is 13.6. The SMILES string of the molecule is C/C=C(/C)OC(=O)NC1(C/C=C/C(=O)O)CCC1. The first kappa shape index (κ1) is 14.3. The highest BCUT2D eigenvalue weighted by Crippen LogP contribution is 2.35. The summed E-state index contributed by atoms with van der Waals surface area (Å²) in [6.45, 7) is 3.49. The summed E-state index contributed by atoms with van der Waals surface area (Å²) in [6, 6.07) is 0. The first-order chi connectivity index (χ1) is 8.47. The van der Waals surface area contributed by atoms with Crippen LogP contribution in [0.15, 0.2) is 24.0 Å². The molecule has 5 nitrogen and oxygen atoms in total. The van der Waals surface area contributed by atoms with Crippen LogP contribution in [0.4, 0.5) is 4.79 Å². The van der Waals surface area contributed by atoms with E-state index in [9.17, 15) is 9.59 Å². The van der Waals surface area contributed by atoms with Gasteiger partial charge >= 0.3 is 12.1 Å². The first-order valence-electron chi connectivity index (χ1n) is 6.00. The van der Waals surface area contributed by atoms with Gasteiger partial charge in [-0.2, -0.15) is 0 Å². The molecule has 1 amide bonds. The van der Waals surface area contributed by atoms with E-state index >= 15 is 0 Å². The second-order valence-corrected chi connectivity index (χ2v) is 4.49. The molecule has 2 N–H and O–H groups in total. The van der Waals surface area contributed by atoms with Crippen molar-refractivity contribution in [2.24, 2.45) is 0 Å². The van der Waals surface area contributed by atoms with Gasteiger partial charge in [0.2, 0.25) is 0 Å². The molecule has 1 aliphatic rings. The number of carboxylic acids is 1. The summed E-state index contributed by atoms with van der Waals surface area (Å²) in [5.41, 5.74) is -0.336. The number of hydrogen-bond acceptors (Lipinski definition) is 3. The highest BCUT2D eigenvalue weighted by molar-refractivity contribution is 5.79. The quantitative estimate of drug-likeness (QED) is 0.583. The second-order valence-electron chi connectivity index (χ2n) is 4.49. The maximum absolute atomic E-state index is 11.6. The molecule has 0 saturated heterocycles. The summed E-state index contributed by atoms with van der Waals surface area (Å²) in [5, 5.41) is 11.4. The zero-order valence-corrected chi connectivity index (χ0v) is 10.7. The van der Waals surface area contributed by atoms with Gasteiger partial charge in [-0.25, -0.2) is 9.59 Å². The smallest absolute Gasteiger partial charge is 0.412 e. The van der Waals surface area contributed by atoms with Crippen LogP contribution < -0.4 is 5.32 Å².